The first-order valence-corrected chi connectivity index (χ1v) is 8.80. The van der Waals surface area contributed by atoms with Gasteiger partial charge in [-0.25, -0.2) is 0 Å². The Kier molecular flexibility index (Phi) is 4.63. The number of rotatable bonds is 4. The highest BCUT2D eigenvalue weighted by molar-refractivity contribution is 5.80. The monoisotopic (exact) mass is 354 g/mol. The summed E-state index contributed by atoms with van der Waals surface area (Å²) < 4.78 is 3.77. The molecular weight excluding hydrogens is 328 g/mol. The second-order valence-electron chi connectivity index (χ2n) is 7.16. The number of aryl methyl sites for hydroxylation is 2. The maximum Gasteiger partial charge on any atom is 0.224 e. The van der Waals surface area contributed by atoms with Crippen LogP contribution in [0, 0.1) is 32.1 Å². The molecule has 7 heteroatoms. The highest BCUT2D eigenvalue weighted by Crippen LogP contribution is 2.35. The minimum absolute atomic E-state index is 0.0132. The van der Waals surface area contributed by atoms with Crippen LogP contribution in [0.3, 0.4) is 0 Å². The average molecular weight is 354 g/mol. The van der Waals surface area contributed by atoms with E-state index in [0.717, 1.165) is 28.2 Å². The van der Waals surface area contributed by atoms with Crippen LogP contribution < -0.4 is 5.32 Å². The van der Waals surface area contributed by atoms with Gasteiger partial charge in [0.1, 0.15) is 11.8 Å². The third kappa shape index (κ3) is 2.80. The molecule has 3 heterocycles. The molecule has 0 saturated carbocycles. The van der Waals surface area contributed by atoms with Crippen LogP contribution in [0.2, 0.25) is 0 Å². The van der Waals surface area contributed by atoms with Crippen molar-refractivity contribution in [3.05, 3.63) is 40.0 Å². The minimum Gasteiger partial charge on any atom is -0.340 e. The van der Waals surface area contributed by atoms with Gasteiger partial charge in [0.25, 0.3) is 0 Å². The van der Waals surface area contributed by atoms with Gasteiger partial charge < -0.3 is 14.8 Å². The fourth-order valence-corrected chi connectivity index (χ4v) is 3.96. The second kappa shape index (κ2) is 6.61. The van der Waals surface area contributed by atoms with Crippen LogP contribution in [0.4, 0.5) is 0 Å². The van der Waals surface area contributed by atoms with E-state index in [1.54, 1.807) is 0 Å². The SMILES string of the molecule is Cc1nn(C)c(C)c1[C@H]1[C@H](NCc2cc(C#N)n(C)c2C)CC(=O)N1C. The predicted molar refractivity (Wildman–Crippen MR) is 98.3 cm³/mol. The summed E-state index contributed by atoms with van der Waals surface area (Å²) in [6.07, 6.45) is 0.464. The van der Waals surface area contributed by atoms with E-state index in [4.69, 9.17) is 0 Å². The summed E-state index contributed by atoms with van der Waals surface area (Å²) in [6.45, 7) is 6.68. The van der Waals surface area contributed by atoms with E-state index in [9.17, 15) is 10.1 Å². The Balaban J connectivity index is 1.87. The van der Waals surface area contributed by atoms with Crippen LogP contribution in [-0.4, -0.2) is 38.2 Å². The van der Waals surface area contributed by atoms with Crippen molar-refractivity contribution in [1.29, 1.82) is 5.26 Å². The molecule has 1 saturated heterocycles. The van der Waals surface area contributed by atoms with Crippen molar-refractivity contribution in [2.75, 3.05) is 7.05 Å². The summed E-state index contributed by atoms with van der Waals surface area (Å²) in [5.41, 5.74) is 5.98. The zero-order chi connectivity index (χ0) is 19.2. The molecule has 0 aromatic carbocycles. The Morgan fingerprint density at radius 2 is 1.96 bits per heavy atom. The molecule has 26 heavy (non-hydrogen) atoms. The Hall–Kier alpha value is -2.59. The molecule has 0 aliphatic carbocycles. The molecule has 0 radical (unpaired) electrons. The third-order valence-corrected chi connectivity index (χ3v) is 5.76. The van der Waals surface area contributed by atoms with Crippen molar-refractivity contribution in [1.82, 2.24) is 24.6 Å². The lowest BCUT2D eigenvalue weighted by molar-refractivity contribution is -0.127. The Morgan fingerprint density at radius 3 is 2.50 bits per heavy atom. The molecule has 3 rings (SSSR count). The molecule has 7 nitrogen and oxygen atoms in total. The molecule has 2 aromatic heterocycles. The lowest BCUT2D eigenvalue weighted by Gasteiger charge is -2.26. The lowest BCUT2D eigenvalue weighted by Crippen LogP contribution is -2.35. The molecule has 2 aromatic rings. The predicted octanol–water partition coefficient (Wildman–Crippen LogP) is 1.62. The van der Waals surface area contributed by atoms with Crippen molar-refractivity contribution in [3.8, 4) is 6.07 Å². The number of amides is 1. The molecule has 1 aliphatic rings. The van der Waals surface area contributed by atoms with Gasteiger partial charge in [0.2, 0.25) is 5.91 Å². The van der Waals surface area contributed by atoms with Crippen LogP contribution in [0.1, 0.15) is 46.4 Å². The highest BCUT2D eigenvalue weighted by Gasteiger charge is 2.40. The summed E-state index contributed by atoms with van der Waals surface area (Å²) in [5.74, 6) is 0.137. The third-order valence-electron chi connectivity index (χ3n) is 5.76. The molecule has 1 aliphatic heterocycles. The normalized spacial score (nSPS) is 20.0. The van der Waals surface area contributed by atoms with Crippen molar-refractivity contribution in [2.24, 2.45) is 14.1 Å². The van der Waals surface area contributed by atoms with E-state index in [-0.39, 0.29) is 18.0 Å². The van der Waals surface area contributed by atoms with E-state index in [1.807, 2.05) is 62.1 Å². The molecule has 2 atom stereocenters. The largest absolute Gasteiger partial charge is 0.340 e. The number of likely N-dealkylation sites (N-methyl/N-ethyl adjacent to an activating group) is 1. The summed E-state index contributed by atoms with van der Waals surface area (Å²) in [7, 11) is 5.69. The molecule has 0 unspecified atom stereocenters. The van der Waals surface area contributed by atoms with Gasteiger partial charge in [0, 0.05) is 57.1 Å². The summed E-state index contributed by atoms with van der Waals surface area (Å²) in [6, 6.07) is 4.11. The zero-order valence-electron chi connectivity index (χ0n) is 16.3. The summed E-state index contributed by atoms with van der Waals surface area (Å²) in [4.78, 5) is 14.2. The number of hydrogen-bond donors (Lipinski definition) is 1. The average Bonchev–Trinajstić information content (AvgIpc) is 3.13. The molecule has 1 fully saturated rings. The van der Waals surface area contributed by atoms with Crippen LogP contribution in [0.25, 0.3) is 0 Å². The van der Waals surface area contributed by atoms with Crippen LogP contribution in [0.5, 0.6) is 0 Å². The van der Waals surface area contributed by atoms with E-state index in [1.165, 1.54) is 0 Å². The van der Waals surface area contributed by atoms with Crippen molar-refractivity contribution >= 4 is 5.91 Å². The molecule has 1 amide bonds. The Labute approximate surface area is 154 Å². The maximum absolute atomic E-state index is 12.4. The van der Waals surface area contributed by atoms with Gasteiger partial charge in [-0.3, -0.25) is 9.48 Å². The van der Waals surface area contributed by atoms with Crippen LogP contribution in [0.15, 0.2) is 6.07 Å². The van der Waals surface area contributed by atoms with E-state index >= 15 is 0 Å². The Morgan fingerprint density at radius 1 is 1.27 bits per heavy atom. The topological polar surface area (TPSA) is 78.9 Å². The minimum atomic E-state index is -0.0318. The van der Waals surface area contributed by atoms with Crippen molar-refractivity contribution in [2.45, 2.75) is 45.8 Å². The zero-order valence-corrected chi connectivity index (χ0v) is 16.3. The molecule has 138 valence electrons. The number of carbonyl (C=O) groups excluding carboxylic acids is 1. The van der Waals surface area contributed by atoms with E-state index < -0.39 is 0 Å². The van der Waals surface area contributed by atoms with Gasteiger partial charge in [-0.1, -0.05) is 0 Å². The number of nitrogens with zero attached hydrogens (tertiary/aromatic N) is 5. The standard InChI is InChI=1S/C19H26N6O/c1-11-18(13(3)25(6)22-11)19-16(8-17(26)24(19)5)21-10-14-7-15(9-20)23(4)12(14)2/h7,16,19,21H,8,10H2,1-6H3/t16-,19-/m1/s1. The summed E-state index contributed by atoms with van der Waals surface area (Å²) >= 11 is 0. The number of carbonyl (C=O) groups is 1. The quantitative estimate of drug-likeness (QED) is 0.905. The fourth-order valence-electron chi connectivity index (χ4n) is 3.96. The van der Waals surface area contributed by atoms with Gasteiger partial charge in [-0.15, -0.1) is 0 Å². The highest BCUT2D eigenvalue weighted by atomic mass is 16.2. The second-order valence-corrected chi connectivity index (χ2v) is 7.16. The van der Waals surface area contributed by atoms with Crippen LogP contribution >= 0.6 is 0 Å². The Bertz CT molecular complexity index is 900. The molecular formula is C19H26N6O. The van der Waals surface area contributed by atoms with Crippen molar-refractivity contribution < 1.29 is 4.79 Å². The van der Waals surface area contributed by atoms with Gasteiger partial charge in [0.15, 0.2) is 0 Å². The lowest BCUT2D eigenvalue weighted by atomic mass is 9.98. The smallest absolute Gasteiger partial charge is 0.224 e. The maximum atomic E-state index is 12.4. The van der Waals surface area contributed by atoms with Gasteiger partial charge in [-0.05, 0) is 32.4 Å². The van der Waals surface area contributed by atoms with Crippen molar-refractivity contribution in [3.63, 3.8) is 0 Å². The first kappa shape index (κ1) is 18.2. The number of aromatic nitrogens is 3. The van der Waals surface area contributed by atoms with E-state index in [2.05, 4.69) is 16.5 Å². The van der Waals surface area contributed by atoms with Gasteiger partial charge >= 0.3 is 0 Å². The number of nitriles is 1. The van der Waals surface area contributed by atoms with E-state index in [0.29, 0.717) is 18.7 Å². The fraction of sp³-hybridized carbons (Fsp3) is 0.526. The van der Waals surface area contributed by atoms with Gasteiger partial charge in [0.05, 0.1) is 11.7 Å². The summed E-state index contributed by atoms with van der Waals surface area (Å²) in [5, 5.41) is 17.3. The van der Waals surface area contributed by atoms with Gasteiger partial charge in [-0.2, -0.15) is 10.4 Å². The first-order chi connectivity index (χ1) is 12.3. The molecule has 1 N–H and O–H groups in total. The molecule has 0 bridgehead atoms. The first-order valence-electron chi connectivity index (χ1n) is 8.80. The number of hydrogen-bond acceptors (Lipinski definition) is 4. The van der Waals surface area contributed by atoms with Crippen LogP contribution in [-0.2, 0) is 25.4 Å². The number of nitrogens with one attached hydrogen (secondary N) is 1. The molecule has 0 spiro atoms. The number of likely N-dealkylation sites (tertiary alicyclic amines) is 1.